The second-order valence-electron chi connectivity index (χ2n) is 13.1. The number of hydrogen-bond acceptors (Lipinski definition) is 7. The van der Waals surface area contributed by atoms with E-state index in [-0.39, 0.29) is 25.1 Å². The maximum atomic E-state index is 14.0. The van der Waals surface area contributed by atoms with Gasteiger partial charge < -0.3 is 20.3 Å². The number of aliphatic hydroxyl groups is 2. The lowest BCUT2D eigenvalue weighted by atomic mass is 9.45. The number of nitrogens with zero attached hydrogens (tertiary/aromatic N) is 2. The minimum Gasteiger partial charge on any atom is -0.496 e. The van der Waals surface area contributed by atoms with Crippen molar-refractivity contribution < 1.29 is 24.6 Å². The second-order valence-corrected chi connectivity index (χ2v) is 13.1. The van der Waals surface area contributed by atoms with Gasteiger partial charge in [-0.15, -0.1) is 0 Å². The SMILES string of the molecule is COc1c(CN2O[C@@H](CO)[C@H]([C@H](C)O)[C@H]2C(=O)N[C@H]2C[C@H]3C[C@H]([C@@H]2C)C3(C)C)cccc1-c1cccc2ncccc12. The fraction of sp³-hybridized carbons (Fsp3) is 0.529. The van der Waals surface area contributed by atoms with Gasteiger partial charge in [-0.05, 0) is 60.6 Å². The summed E-state index contributed by atoms with van der Waals surface area (Å²) in [6.07, 6.45) is 2.42. The number of hydrogen-bond donors (Lipinski definition) is 3. The predicted molar refractivity (Wildman–Crippen MR) is 161 cm³/mol. The van der Waals surface area contributed by atoms with E-state index in [1.807, 2.05) is 42.5 Å². The number of amides is 1. The standard InChI is InChI=1S/C34H43N3O5/c1-19-26-15-22(34(26,3)4)16-28(19)36-33(40)31-30(20(2)39)29(18-38)42-37(31)17-21-9-6-11-25(32(21)41-5)23-10-7-13-27-24(23)12-8-14-35-27/h6-14,19-20,22,26,28-31,38-39H,15-18H2,1-5H3,(H,36,40)/t19-,20-,22+,26+,28-,29-,30-,31-/m0/s1. The molecule has 2 bridgehead atoms. The Bertz CT molecular complexity index is 1450. The van der Waals surface area contributed by atoms with Gasteiger partial charge in [0.05, 0.1) is 31.9 Å². The lowest BCUT2D eigenvalue weighted by Gasteiger charge is -2.62. The number of benzene rings is 2. The molecule has 8 nitrogen and oxygen atoms in total. The van der Waals surface area contributed by atoms with Crippen LogP contribution in [0.15, 0.2) is 54.7 Å². The molecular formula is C34H43N3O5. The van der Waals surface area contributed by atoms with Gasteiger partial charge in [0.25, 0.3) is 0 Å². The zero-order valence-electron chi connectivity index (χ0n) is 25.2. The number of carbonyl (C=O) groups excluding carboxylic acids is 1. The lowest BCUT2D eigenvalue weighted by molar-refractivity contribution is -0.183. The van der Waals surface area contributed by atoms with Gasteiger partial charge in [-0.1, -0.05) is 57.2 Å². The number of methoxy groups -OCH3 is 1. The Kier molecular flexibility index (Phi) is 7.77. The number of carbonyl (C=O) groups is 1. The molecule has 3 aliphatic carbocycles. The van der Waals surface area contributed by atoms with E-state index in [1.165, 1.54) is 6.42 Å². The van der Waals surface area contributed by atoms with Crippen molar-refractivity contribution in [2.75, 3.05) is 13.7 Å². The molecular weight excluding hydrogens is 530 g/mol. The van der Waals surface area contributed by atoms with E-state index < -0.39 is 24.2 Å². The number of hydroxylamine groups is 2. The van der Waals surface area contributed by atoms with Gasteiger partial charge in [0.2, 0.25) is 5.91 Å². The zero-order valence-corrected chi connectivity index (χ0v) is 25.2. The Morgan fingerprint density at radius 1 is 1.17 bits per heavy atom. The Hall–Kier alpha value is -3.04. The summed E-state index contributed by atoms with van der Waals surface area (Å²) >= 11 is 0. The van der Waals surface area contributed by atoms with Gasteiger partial charge >= 0.3 is 0 Å². The van der Waals surface area contributed by atoms with Crippen LogP contribution in [0.3, 0.4) is 0 Å². The Morgan fingerprint density at radius 2 is 1.93 bits per heavy atom. The minimum atomic E-state index is -0.851. The van der Waals surface area contributed by atoms with Gasteiger partial charge in [-0.2, -0.15) is 5.06 Å². The van der Waals surface area contributed by atoms with Gasteiger partial charge in [-0.25, -0.2) is 0 Å². The molecule has 7 rings (SSSR count). The van der Waals surface area contributed by atoms with Crippen LogP contribution in [0.1, 0.15) is 46.1 Å². The number of aliphatic hydroxyl groups excluding tert-OH is 2. The van der Waals surface area contributed by atoms with E-state index in [2.05, 4.69) is 37.1 Å². The van der Waals surface area contributed by atoms with Crippen molar-refractivity contribution in [1.82, 2.24) is 15.4 Å². The molecule has 2 heterocycles. The molecule has 4 aliphatic rings. The van der Waals surface area contributed by atoms with Crippen molar-refractivity contribution in [2.24, 2.45) is 29.1 Å². The molecule has 0 unspecified atom stereocenters. The molecule has 1 aromatic heterocycles. The molecule has 8 atom stereocenters. The molecule has 1 aliphatic heterocycles. The quantitative estimate of drug-likeness (QED) is 0.363. The lowest BCUT2D eigenvalue weighted by Crippen LogP contribution is -2.62. The van der Waals surface area contributed by atoms with Crippen LogP contribution < -0.4 is 10.1 Å². The average molecular weight is 574 g/mol. The third kappa shape index (κ3) is 4.78. The third-order valence-corrected chi connectivity index (χ3v) is 10.6. The second kappa shape index (κ2) is 11.2. The highest BCUT2D eigenvalue weighted by molar-refractivity contribution is 5.96. The normalized spacial score (nSPS) is 31.0. The van der Waals surface area contributed by atoms with Crippen molar-refractivity contribution in [1.29, 1.82) is 0 Å². The van der Waals surface area contributed by atoms with E-state index in [0.717, 1.165) is 34.0 Å². The molecule has 1 saturated heterocycles. The molecule has 0 radical (unpaired) electrons. The maximum Gasteiger partial charge on any atom is 0.240 e. The number of pyridine rings is 1. The number of nitrogens with one attached hydrogen (secondary N) is 1. The zero-order chi connectivity index (χ0) is 29.8. The van der Waals surface area contributed by atoms with Crippen molar-refractivity contribution in [3.8, 4) is 16.9 Å². The maximum absolute atomic E-state index is 14.0. The van der Waals surface area contributed by atoms with Crippen LogP contribution in [0.4, 0.5) is 0 Å². The first kappa shape index (κ1) is 29.1. The molecule has 224 valence electrons. The molecule has 42 heavy (non-hydrogen) atoms. The highest BCUT2D eigenvalue weighted by Crippen LogP contribution is 2.61. The van der Waals surface area contributed by atoms with Crippen LogP contribution in [0, 0.1) is 29.1 Å². The summed E-state index contributed by atoms with van der Waals surface area (Å²) in [5, 5.41) is 27.0. The largest absolute Gasteiger partial charge is 0.496 e. The number of ether oxygens (including phenoxy) is 1. The van der Waals surface area contributed by atoms with Gasteiger partial charge in [0.15, 0.2) is 0 Å². The first-order chi connectivity index (χ1) is 20.1. The summed E-state index contributed by atoms with van der Waals surface area (Å²) in [6, 6.07) is 15.3. The highest BCUT2D eigenvalue weighted by atomic mass is 16.7. The van der Waals surface area contributed by atoms with Crippen LogP contribution in [-0.4, -0.2) is 64.2 Å². The Labute approximate surface area is 248 Å². The summed E-state index contributed by atoms with van der Waals surface area (Å²) in [4.78, 5) is 24.8. The first-order valence-electron chi connectivity index (χ1n) is 15.2. The van der Waals surface area contributed by atoms with Crippen LogP contribution in [-0.2, 0) is 16.2 Å². The molecule has 3 N–H and O–H groups in total. The predicted octanol–water partition coefficient (Wildman–Crippen LogP) is 4.57. The van der Waals surface area contributed by atoms with Crippen LogP contribution in [0.25, 0.3) is 22.0 Å². The smallest absolute Gasteiger partial charge is 0.240 e. The number of para-hydroxylation sites is 1. The van der Waals surface area contributed by atoms with Crippen molar-refractivity contribution in [3.05, 3.63) is 60.3 Å². The monoisotopic (exact) mass is 573 g/mol. The minimum absolute atomic E-state index is 0.0804. The van der Waals surface area contributed by atoms with Crippen molar-refractivity contribution in [2.45, 2.75) is 71.4 Å². The molecule has 3 aromatic rings. The number of aromatic nitrogens is 1. The molecule has 0 spiro atoms. The van der Waals surface area contributed by atoms with Crippen molar-refractivity contribution >= 4 is 16.8 Å². The summed E-state index contributed by atoms with van der Waals surface area (Å²) in [5.41, 5.74) is 3.96. The van der Waals surface area contributed by atoms with Crippen LogP contribution >= 0.6 is 0 Å². The van der Waals surface area contributed by atoms with E-state index in [4.69, 9.17) is 9.57 Å². The van der Waals surface area contributed by atoms with Crippen molar-refractivity contribution in [3.63, 3.8) is 0 Å². The fourth-order valence-electron chi connectivity index (χ4n) is 8.15. The Morgan fingerprint density at radius 3 is 2.62 bits per heavy atom. The summed E-state index contributed by atoms with van der Waals surface area (Å²) in [5.74, 6) is 1.50. The summed E-state index contributed by atoms with van der Waals surface area (Å²) < 4.78 is 5.98. The van der Waals surface area contributed by atoms with E-state index >= 15 is 0 Å². The fourth-order valence-corrected chi connectivity index (χ4v) is 8.15. The van der Waals surface area contributed by atoms with Crippen LogP contribution in [0.2, 0.25) is 0 Å². The highest BCUT2D eigenvalue weighted by Gasteiger charge is 2.57. The molecule has 2 aromatic carbocycles. The molecule has 1 amide bonds. The molecule has 3 saturated carbocycles. The van der Waals surface area contributed by atoms with E-state index in [9.17, 15) is 15.0 Å². The third-order valence-electron chi connectivity index (χ3n) is 10.6. The number of fused-ring (bicyclic) bond motifs is 3. The molecule has 8 heteroatoms. The van der Waals surface area contributed by atoms with Gasteiger partial charge in [0, 0.05) is 34.7 Å². The Balaban J connectivity index is 1.31. The topological polar surface area (TPSA) is 104 Å². The number of rotatable bonds is 8. The molecule has 4 fully saturated rings. The summed E-state index contributed by atoms with van der Waals surface area (Å²) in [6.45, 7) is 8.55. The van der Waals surface area contributed by atoms with Gasteiger partial charge in [0.1, 0.15) is 17.9 Å². The van der Waals surface area contributed by atoms with Gasteiger partial charge in [-0.3, -0.25) is 14.6 Å². The van der Waals surface area contributed by atoms with E-state index in [1.54, 1.807) is 25.3 Å². The van der Waals surface area contributed by atoms with Crippen LogP contribution in [0.5, 0.6) is 5.75 Å². The first-order valence-corrected chi connectivity index (χ1v) is 15.2. The summed E-state index contributed by atoms with van der Waals surface area (Å²) in [7, 11) is 1.65. The van der Waals surface area contributed by atoms with E-state index in [0.29, 0.717) is 28.9 Å². The average Bonchev–Trinajstić information content (AvgIpc) is 3.36.